The molecule has 0 N–H and O–H groups in total. The van der Waals surface area contributed by atoms with Crippen LogP contribution in [0.3, 0.4) is 0 Å². The van der Waals surface area contributed by atoms with Crippen LogP contribution in [0.25, 0.3) is 0 Å². The van der Waals surface area contributed by atoms with Crippen LogP contribution in [0.5, 0.6) is 11.5 Å². The molecule has 1 heterocycles. The first-order valence-electron chi connectivity index (χ1n) is 15.5. The van der Waals surface area contributed by atoms with E-state index in [2.05, 4.69) is 67.3 Å². The molecule has 0 aromatic heterocycles. The van der Waals surface area contributed by atoms with Crippen molar-refractivity contribution in [1.29, 1.82) is 0 Å². The number of nitrogens with zero attached hydrogens (tertiary/aromatic N) is 1. The molecule has 240 valence electrons. The fourth-order valence-electron chi connectivity index (χ4n) is 7.17. The number of hydrogen-bond donors (Lipinski definition) is 0. The first kappa shape index (κ1) is 33.1. The normalized spacial score (nSPS) is 19.3. The number of rotatable bonds is 7. The molecule has 0 unspecified atom stereocenters. The van der Waals surface area contributed by atoms with Gasteiger partial charge in [-0.25, -0.2) is 0 Å². The van der Waals surface area contributed by atoms with Gasteiger partial charge in [0.05, 0.1) is 10.7 Å². The summed E-state index contributed by atoms with van der Waals surface area (Å²) >= 11 is 14.8. The van der Waals surface area contributed by atoms with Crippen LogP contribution in [-0.4, -0.2) is 23.6 Å². The number of ketones is 2. The smallest absolute Gasteiger partial charge is 0.174 e. The maximum Gasteiger partial charge on any atom is 0.174 e. The lowest BCUT2D eigenvalue weighted by Crippen LogP contribution is -2.44. The molecule has 8 heteroatoms. The van der Waals surface area contributed by atoms with Crippen LogP contribution in [-0.2, 0) is 22.7 Å². The summed E-state index contributed by atoms with van der Waals surface area (Å²) in [7, 11) is 1.61. The summed E-state index contributed by atoms with van der Waals surface area (Å²) in [6.45, 7) is 9.49. The second-order valence-electron chi connectivity index (χ2n) is 14.2. The third-order valence-electron chi connectivity index (χ3n) is 9.18. The van der Waals surface area contributed by atoms with Gasteiger partial charge in [0.25, 0.3) is 0 Å². The van der Waals surface area contributed by atoms with E-state index in [1.54, 1.807) is 19.2 Å². The number of halogens is 3. The highest BCUT2D eigenvalue weighted by Gasteiger charge is 2.49. The predicted molar refractivity (Wildman–Crippen MR) is 191 cm³/mol. The van der Waals surface area contributed by atoms with Crippen molar-refractivity contribution in [2.75, 3.05) is 7.11 Å². The summed E-state index contributed by atoms with van der Waals surface area (Å²) in [5.74, 6) is 0.840. The van der Waals surface area contributed by atoms with Gasteiger partial charge < -0.3 is 14.4 Å². The van der Waals surface area contributed by atoms with Crippen molar-refractivity contribution in [3.63, 3.8) is 0 Å². The molecule has 2 aliphatic carbocycles. The van der Waals surface area contributed by atoms with Gasteiger partial charge in [-0.3, -0.25) is 9.59 Å². The van der Waals surface area contributed by atoms with Gasteiger partial charge >= 0.3 is 0 Å². The van der Waals surface area contributed by atoms with E-state index >= 15 is 0 Å². The Hall–Kier alpha value is -2.81. The van der Waals surface area contributed by atoms with Crippen molar-refractivity contribution in [3.05, 3.63) is 114 Å². The highest BCUT2D eigenvalue weighted by atomic mass is 127. The lowest BCUT2D eigenvalue weighted by molar-refractivity contribution is -0.119. The molecular formula is C38H38Cl2INO4. The Morgan fingerprint density at radius 2 is 1.46 bits per heavy atom. The molecule has 0 atom stereocenters. The van der Waals surface area contributed by atoms with Crippen LogP contribution in [0.2, 0.25) is 10.0 Å². The van der Waals surface area contributed by atoms with Crippen LogP contribution < -0.4 is 9.47 Å². The van der Waals surface area contributed by atoms with Gasteiger partial charge in [0, 0.05) is 63.5 Å². The third kappa shape index (κ3) is 6.50. The van der Waals surface area contributed by atoms with Crippen LogP contribution in [0.4, 0.5) is 0 Å². The number of carbonyl (C=O) groups is 2. The Balaban J connectivity index is 1.50. The number of carbonyl (C=O) groups excluding carboxylic acids is 2. The van der Waals surface area contributed by atoms with Crippen LogP contribution in [0, 0.1) is 14.4 Å². The van der Waals surface area contributed by atoms with Crippen LogP contribution >= 0.6 is 45.8 Å². The van der Waals surface area contributed by atoms with Crippen molar-refractivity contribution >= 4 is 57.4 Å². The fraction of sp³-hybridized carbons (Fsp3) is 0.368. The summed E-state index contributed by atoms with van der Waals surface area (Å²) in [5.41, 5.74) is 5.95. The van der Waals surface area contributed by atoms with Crippen molar-refractivity contribution < 1.29 is 19.1 Å². The van der Waals surface area contributed by atoms with E-state index in [0.29, 0.717) is 40.9 Å². The second kappa shape index (κ2) is 12.7. The number of ether oxygens (including phenoxy) is 2. The Kier molecular flexibility index (Phi) is 9.11. The molecule has 0 saturated carbocycles. The van der Waals surface area contributed by atoms with Gasteiger partial charge in [0.15, 0.2) is 23.1 Å². The second-order valence-corrected chi connectivity index (χ2v) is 16.2. The van der Waals surface area contributed by atoms with E-state index in [9.17, 15) is 9.59 Å². The molecule has 0 spiro atoms. The minimum atomic E-state index is -0.480. The molecular weight excluding hydrogens is 732 g/mol. The summed E-state index contributed by atoms with van der Waals surface area (Å²) in [4.78, 5) is 30.8. The number of methoxy groups -OCH3 is 1. The largest absolute Gasteiger partial charge is 0.493 e. The summed E-state index contributed by atoms with van der Waals surface area (Å²) in [6, 6.07) is 19.6. The SMILES string of the molecule is COc1cc(C2C3=C(CC(C)(C)CC3=O)N(Cc3ccccc3)C3=C2C(=O)CC(C)(C)C3)cc(I)c1OCc1ccc(Cl)cc1Cl. The quantitative estimate of drug-likeness (QED) is 0.224. The predicted octanol–water partition coefficient (Wildman–Crippen LogP) is 10.1. The summed E-state index contributed by atoms with van der Waals surface area (Å²) < 4.78 is 13.0. The van der Waals surface area contributed by atoms with E-state index in [4.69, 9.17) is 32.7 Å². The van der Waals surface area contributed by atoms with Gasteiger partial charge in [-0.05, 0) is 81.7 Å². The molecule has 0 saturated heterocycles. The average molecular weight is 771 g/mol. The third-order valence-corrected chi connectivity index (χ3v) is 10.6. The molecule has 3 aliphatic rings. The van der Waals surface area contributed by atoms with E-state index in [1.807, 2.05) is 36.4 Å². The molecule has 0 fully saturated rings. The van der Waals surface area contributed by atoms with Gasteiger partial charge in [-0.1, -0.05) is 87.3 Å². The van der Waals surface area contributed by atoms with E-state index in [-0.39, 0.29) is 29.0 Å². The number of benzene rings is 3. The van der Waals surface area contributed by atoms with Gasteiger partial charge in [-0.15, -0.1) is 0 Å². The van der Waals surface area contributed by atoms with E-state index < -0.39 is 5.92 Å². The monoisotopic (exact) mass is 769 g/mol. The molecule has 0 amide bonds. The molecule has 3 aromatic carbocycles. The zero-order valence-corrected chi connectivity index (χ0v) is 30.5. The maximum absolute atomic E-state index is 14.3. The van der Waals surface area contributed by atoms with Crippen molar-refractivity contribution in [1.82, 2.24) is 4.90 Å². The highest BCUT2D eigenvalue weighted by Crippen LogP contribution is 2.55. The van der Waals surface area contributed by atoms with E-state index in [0.717, 1.165) is 55.6 Å². The molecule has 46 heavy (non-hydrogen) atoms. The van der Waals surface area contributed by atoms with Gasteiger partial charge in [0.1, 0.15) is 6.61 Å². The van der Waals surface area contributed by atoms with Gasteiger partial charge in [-0.2, -0.15) is 0 Å². The van der Waals surface area contributed by atoms with E-state index in [1.165, 1.54) is 0 Å². The Bertz CT molecular complexity index is 1740. The lowest BCUT2D eigenvalue weighted by Gasteiger charge is -2.49. The molecule has 6 rings (SSSR count). The maximum atomic E-state index is 14.3. The van der Waals surface area contributed by atoms with Crippen molar-refractivity contribution in [2.45, 2.75) is 72.4 Å². The standard InChI is InChI=1S/C38H38Cl2INO4/c1-37(2)16-28-34(30(43)18-37)33(35-29(17-38(3,4)19-31(35)44)42(28)20-22-9-7-6-8-10-22)24-13-27(41)36(32(14-24)45-5)46-21-23-11-12-25(39)15-26(23)40/h6-15,33H,16-21H2,1-5H3. The molecule has 5 nitrogen and oxygen atoms in total. The van der Waals surface area contributed by atoms with Gasteiger partial charge in [0.2, 0.25) is 0 Å². The summed E-state index contributed by atoms with van der Waals surface area (Å²) in [6.07, 6.45) is 2.36. The molecule has 3 aromatic rings. The van der Waals surface area contributed by atoms with Crippen molar-refractivity contribution in [3.8, 4) is 11.5 Å². The highest BCUT2D eigenvalue weighted by molar-refractivity contribution is 14.1. The molecule has 0 radical (unpaired) electrons. The van der Waals surface area contributed by atoms with Crippen LogP contribution in [0.1, 0.15) is 76.0 Å². The average Bonchev–Trinajstić information content (AvgIpc) is 2.97. The fourth-order valence-corrected chi connectivity index (χ4v) is 8.42. The molecule has 1 aliphatic heterocycles. The number of Topliss-reactive ketones (excluding diaryl/α,β-unsaturated/α-hetero) is 2. The minimum Gasteiger partial charge on any atom is -0.493 e. The first-order chi connectivity index (χ1) is 21.8. The van der Waals surface area contributed by atoms with Crippen molar-refractivity contribution in [2.24, 2.45) is 10.8 Å². The Labute approximate surface area is 295 Å². The zero-order chi connectivity index (χ0) is 33.0. The zero-order valence-electron chi connectivity index (χ0n) is 26.8. The molecule has 0 bridgehead atoms. The number of allylic oxidation sites excluding steroid dienone is 4. The lowest BCUT2D eigenvalue weighted by atomic mass is 9.63. The Morgan fingerprint density at radius 3 is 2.02 bits per heavy atom. The first-order valence-corrected chi connectivity index (χ1v) is 17.4. The Morgan fingerprint density at radius 1 is 0.848 bits per heavy atom. The number of hydrogen-bond acceptors (Lipinski definition) is 5. The minimum absolute atomic E-state index is 0.102. The van der Waals surface area contributed by atoms with Crippen LogP contribution in [0.15, 0.2) is 83.2 Å². The topological polar surface area (TPSA) is 55.8 Å². The summed E-state index contributed by atoms with van der Waals surface area (Å²) in [5, 5.41) is 1.08.